The molecule has 0 heterocycles. The number of aliphatic hydroxyl groups is 4. The maximum absolute atomic E-state index is 10.5. The van der Waals surface area contributed by atoms with E-state index in [-0.39, 0.29) is 0 Å². The SMILES string of the molecule is CC(=O)[C@H](O)[C@@H](O)[C@H](O)[C@@H](C)O. The van der Waals surface area contributed by atoms with Gasteiger partial charge < -0.3 is 20.4 Å². The molecule has 0 bridgehead atoms. The van der Waals surface area contributed by atoms with Crippen LogP contribution in [-0.4, -0.2) is 50.6 Å². The number of hydrogen-bond donors (Lipinski definition) is 4. The van der Waals surface area contributed by atoms with Crippen molar-refractivity contribution in [3.8, 4) is 0 Å². The van der Waals surface area contributed by atoms with Crippen molar-refractivity contribution in [3.05, 3.63) is 0 Å². The highest BCUT2D eigenvalue weighted by atomic mass is 16.4. The second kappa shape index (κ2) is 4.51. The average molecular weight is 178 g/mol. The van der Waals surface area contributed by atoms with Crippen LogP contribution in [0.1, 0.15) is 13.8 Å². The summed E-state index contributed by atoms with van der Waals surface area (Å²) in [5.41, 5.74) is 0. The summed E-state index contributed by atoms with van der Waals surface area (Å²) in [6.45, 7) is 2.34. The Morgan fingerprint density at radius 2 is 1.50 bits per heavy atom. The van der Waals surface area contributed by atoms with E-state index in [0.717, 1.165) is 6.92 Å². The summed E-state index contributed by atoms with van der Waals surface area (Å²) in [4.78, 5) is 10.5. The summed E-state index contributed by atoms with van der Waals surface area (Å²) in [6, 6.07) is 0. The number of carbonyl (C=O) groups excluding carboxylic acids is 1. The summed E-state index contributed by atoms with van der Waals surface area (Å²) in [5, 5.41) is 35.8. The summed E-state index contributed by atoms with van der Waals surface area (Å²) >= 11 is 0. The summed E-state index contributed by atoms with van der Waals surface area (Å²) < 4.78 is 0. The monoisotopic (exact) mass is 178 g/mol. The summed E-state index contributed by atoms with van der Waals surface area (Å²) in [6.07, 6.45) is -5.98. The Bertz CT molecular complexity index is 156. The molecule has 0 saturated carbocycles. The van der Waals surface area contributed by atoms with Crippen LogP contribution >= 0.6 is 0 Å². The zero-order valence-electron chi connectivity index (χ0n) is 7.01. The Morgan fingerprint density at radius 1 is 1.08 bits per heavy atom. The van der Waals surface area contributed by atoms with Crippen LogP contribution in [0.5, 0.6) is 0 Å². The quantitative estimate of drug-likeness (QED) is 0.400. The fourth-order valence-corrected chi connectivity index (χ4v) is 0.713. The molecule has 0 aromatic heterocycles. The van der Waals surface area contributed by atoms with Gasteiger partial charge in [-0.25, -0.2) is 0 Å². The van der Waals surface area contributed by atoms with Gasteiger partial charge in [0.05, 0.1) is 6.10 Å². The second-order valence-corrected chi connectivity index (χ2v) is 2.78. The highest BCUT2D eigenvalue weighted by Crippen LogP contribution is 2.05. The molecule has 0 rings (SSSR count). The van der Waals surface area contributed by atoms with Gasteiger partial charge in [-0.3, -0.25) is 4.79 Å². The highest BCUT2D eigenvalue weighted by Gasteiger charge is 2.30. The first-order chi connectivity index (χ1) is 5.37. The lowest BCUT2D eigenvalue weighted by Gasteiger charge is -2.22. The Labute approximate surface area is 70.3 Å². The van der Waals surface area contributed by atoms with Crippen LogP contribution < -0.4 is 0 Å². The molecular weight excluding hydrogens is 164 g/mol. The number of rotatable bonds is 4. The normalized spacial score (nSPS) is 21.2. The molecule has 0 unspecified atom stereocenters. The minimum atomic E-state index is -1.64. The van der Waals surface area contributed by atoms with Crippen molar-refractivity contribution < 1.29 is 25.2 Å². The third kappa shape index (κ3) is 2.86. The topological polar surface area (TPSA) is 98.0 Å². The second-order valence-electron chi connectivity index (χ2n) is 2.78. The molecule has 0 aromatic rings. The molecule has 5 nitrogen and oxygen atoms in total. The number of ketones is 1. The average Bonchev–Trinajstić information content (AvgIpc) is 2.00. The standard InChI is InChI=1S/C7H14O5/c1-3(8)5(10)7(12)6(11)4(2)9/h3,5-8,10-12H,1-2H3/t3-,5-,6+,7+/m1/s1. The van der Waals surface area contributed by atoms with Crippen LogP contribution in [-0.2, 0) is 4.79 Å². The van der Waals surface area contributed by atoms with E-state index in [1.54, 1.807) is 0 Å². The first kappa shape index (κ1) is 11.5. The Kier molecular flexibility index (Phi) is 4.33. The van der Waals surface area contributed by atoms with Crippen LogP contribution in [0.25, 0.3) is 0 Å². The van der Waals surface area contributed by atoms with Crippen LogP contribution in [0.15, 0.2) is 0 Å². The minimum Gasteiger partial charge on any atom is -0.391 e. The molecule has 0 spiro atoms. The molecular formula is C7H14O5. The summed E-state index contributed by atoms with van der Waals surface area (Å²) in [5.74, 6) is -0.651. The summed E-state index contributed by atoms with van der Waals surface area (Å²) in [7, 11) is 0. The zero-order chi connectivity index (χ0) is 9.89. The molecule has 0 aromatic carbocycles. The fraction of sp³-hybridized carbons (Fsp3) is 0.857. The van der Waals surface area contributed by atoms with E-state index in [2.05, 4.69) is 0 Å². The number of carbonyl (C=O) groups is 1. The van der Waals surface area contributed by atoms with Gasteiger partial charge in [0.2, 0.25) is 0 Å². The molecule has 4 atom stereocenters. The van der Waals surface area contributed by atoms with Gasteiger partial charge in [-0.05, 0) is 13.8 Å². The van der Waals surface area contributed by atoms with Gasteiger partial charge in [0.15, 0.2) is 5.78 Å². The minimum absolute atomic E-state index is 0.651. The van der Waals surface area contributed by atoms with Gasteiger partial charge in [0, 0.05) is 0 Å². The maximum atomic E-state index is 10.5. The van der Waals surface area contributed by atoms with Crippen molar-refractivity contribution in [1.29, 1.82) is 0 Å². The van der Waals surface area contributed by atoms with E-state index in [0.29, 0.717) is 0 Å². The Morgan fingerprint density at radius 3 is 1.75 bits per heavy atom. The lowest BCUT2D eigenvalue weighted by molar-refractivity contribution is -0.141. The smallest absolute Gasteiger partial charge is 0.160 e. The molecule has 0 amide bonds. The van der Waals surface area contributed by atoms with Gasteiger partial charge in [0.25, 0.3) is 0 Å². The molecule has 12 heavy (non-hydrogen) atoms. The number of Topliss-reactive ketones (excluding diaryl/α,β-unsaturated/α-hetero) is 1. The third-order valence-corrected chi connectivity index (χ3v) is 1.58. The molecule has 0 saturated heterocycles. The number of hydrogen-bond acceptors (Lipinski definition) is 5. The van der Waals surface area contributed by atoms with Crippen LogP contribution in [0.4, 0.5) is 0 Å². The van der Waals surface area contributed by atoms with E-state index in [4.69, 9.17) is 20.4 Å². The van der Waals surface area contributed by atoms with Crippen molar-refractivity contribution in [1.82, 2.24) is 0 Å². The first-order valence-corrected chi connectivity index (χ1v) is 3.60. The third-order valence-electron chi connectivity index (χ3n) is 1.58. The molecule has 0 aliphatic carbocycles. The van der Waals surface area contributed by atoms with Gasteiger partial charge >= 0.3 is 0 Å². The molecule has 5 heteroatoms. The van der Waals surface area contributed by atoms with Crippen molar-refractivity contribution in [3.63, 3.8) is 0 Å². The molecule has 0 radical (unpaired) electrons. The van der Waals surface area contributed by atoms with E-state index < -0.39 is 30.2 Å². The lowest BCUT2D eigenvalue weighted by atomic mass is 10.0. The van der Waals surface area contributed by atoms with Crippen molar-refractivity contribution >= 4 is 5.78 Å². The van der Waals surface area contributed by atoms with Crippen molar-refractivity contribution in [2.24, 2.45) is 0 Å². The lowest BCUT2D eigenvalue weighted by Crippen LogP contribution is -2.46. The molecule has 0 fully saturated rings. The zero-order valence-corrected chi connectivity index (χ0v) is 7.01. The first-order valence-electron chi connectivity index (χ1n) is 3.60. The van der Waals surface area contributed by atoms with Crippen molar-refractivity contribution in [2.45, 2.75) is 38.3 Å². The predicted molar refractivity (Wildman–Crippen MR) is 40.4 cm³/mol. The Balaban J connectivity index is 4.18. The highest BCUT2D eigenvalue weighted by molar-refractivity contribution is 5.80. The Hall–Kier alpha value is -0.490. The van der Waals surface area contributed by atoms with E-state index in [9.17, 15) is 4.79 Å². The molecule has 72 valence electrons. The van der Waals surface area contributed by atoms with Gasteiger partial charge in [0.1, 0.15) is 18.3 Å². The molecule has 4 N–H and O–H groups in total. The number of aliphatic hydroxyl groups excluding tert-OH is 4. The van der Waals surface area contributed by atoms with Crippen LogP contribution in [0.3, 0.4) is 0 Å². The van der Waals surface area contributed by atoms with Crippen LogP contribution in [0, 0.1) is 0 Å². The van der Waals surface area contributed by atoms with Gasteiger partial charge in [-0.2, -0.15) is 0 Å². The van der Waals surface area contributed by atoms with E-state index in [1.165, 1.54) is 6.92 Å². The largest absolute Gasteiger partial charge is 0.391 e. The van der Waals surface area contributed by atoms with Crippen LogP contribution in [0.2, 0.25) is 0 Å². The fourth-order valence-electron chi connectivity index (χ4n) is 0.713. The maximum Gasteiger partial charge on any atom is 0.160 e. The van der Waals surface area contributed by atoms with E-state index in [1.807, 2.05) is 0 Å². The predicted octanol–water partition coefficient (Wildman–Crippen LogP) is -1.96. The van der Waals surface area contributed by atoms with E-state index >= 15 is 0 Å². The molecule has 0 aliphatic heterocycles. The molecule has 0 aliphatic rings. The van der Waals surface area contributed by atoms with Gasteiger partial charge in [-0.1, -0.05) is 0 Å². The van der Waals surface area contributed by atoms with Gasteiger partial charge in [-0.15, -0.1) is 0 Å². The van der Waals surface area contributed by atoms with Crippen molar-refractivity contribution in [2.75, 3.05) is 0 Å².